The van der Waals surface area contributed by atoms with E-state index in [4.69, 9.17) is 5.73 Å². The highest BCUT2D eigenvalue weighted by Gasteiger charge is 2.04. The number of amides is 1. The third-order valence-corrected chi connectivity index (χ3v) is 2.87. The van der Waals surface area contributed by atoms with Crippen LogP contribution in [0.25, 0.3) is 0 Å². The van der Waals surface area contributed by atoms with Crippen LogP contribution in [0.5, 0.6) is 0 Å². The van der Waals surface area contributed by atoms with Crippen molar-refractivity contribution in [2.24, 2.45) is 5.73 Å². The topological polar surface area (TPSA) is 89.3 Å². The number of nitrogens with one attached hydrogen (secondary N) is 1. The molecule has 0 saturated heterocycles. The van der Waals surface area contributed by atoms with Gasteiger partial charge in [0.2, 0.25) is 5.91 Å². The summed E-state index contributed by atoms with van der Waals surface area (Å²) >= 11 is 0. The second kappa shape index (κ2) is 6.79. The predicted octanol–water partition coefficient (Wildman–Crippen LogP) is -0.335. The molecular formula is C9H20N2O3S. The van der Waals surface area contributed by atoms with Gasteiger partial charge in [-0.1, -0.05) is 0 Å². The average molecular weight is 236 g/mol. The fourth-order valence-electron chi connectivity index (χ4n) is 1.01. The predicted molar refractivity (Wildman–Crippen MR) is 60.2 cm³/mol. The zero-order valence-corrected chi connectivity index (χ0v) is 10.1. The van der Waals surface area contributed by atoms with E-state index < -0.39 is 9.84 Å². The molecule has 90 valence electrons. The minimum atomic E-state index is -2.92. The van der Waals surface area contributed by atoms with Gasteiger partial charge in [0, 0.05) is 25.3 Å². The summed E-state index contributed by atoms with van der Waals surface area (Å²) in [5.74, 6) is 0.0430. The molecule has 0 aromatic carbocycles. The third-order valence-electron chi connectivity index (χ3n) is 1.84. The number of carbonyl (C=O) groups excluding carboxylic acids is 1. The summed E-state index contributed by atoms with van der Waals surface area (Å²) in [5.41, 5.74) is 5.49. The van der Waals surface area contributed by atoms with Crippen molar-refractivity contribution in [1.82, 2.24) is 5.32 Å². The summed E-state index contributed by atoms with van der Waals surface area (Å²) in [5, 5.41) is 2.65. The van der Waals surface area contributed by atoms with Crippen molar-refractivity contribution in [3.05, 3.63) is 0 Å². The summed E-state index contributed by atoms with van der Waals surface area (Å²) < 4.78 is 21.5. The van der Waals surface area contributed by atoms with E-state index in [1.807, 2.05) is 6.92 Å². The summed E-state index contributed by atoms with van der Waals surface area (Å²) in [6.07, 6.45) is 2.70. The smallest absolute Gasteiger partial charge is 0.220 e. The van der Waals surface area contributed by atoms with Crippen LogP contribution in [0.3, 0.4) is 0 Å². The van der Waals surface area contributed by atoms with E-state index in [-0.39, 0.29) is 17.7 Å². The fraction of sp³-hybridized carbons (Fsp3) is 0.889. The molecule has 1 unspecified atom stereocenters. The number of hydrogen-bond acceptors (Lipinski definition) is 4. The molecule has 0 aliphatic heterocycles. The highest BCUT2D eigenvalue weighted by Crippen LogP contribution is 1.93. The van der Waals surface area contributed by atoms with Crippen molar-refractivity contribution < 1.29 is 13.2 Å². The molecule has 0 aromatic heterocycles. The lowest BCUT2D eigenvalue weighted by Crippen LogP contribution is -2.27. The van der Waals surface area contributed by atoms with Gasteiger partial charge in [0.25, 0.3) is 0 Å². The van der Waals surface area contributed by atoms with Gasteiger partial charge in [0.05, 0.1) is 5.75 Å². The van der Waals surface area contributed by atoms with Gasteiger partial charge in [0.1, 0.15) is 9.84 Å². The molecule has 15 heavy (non-hydrogen) atoms. The first-order valence-corrected chi connectivity index (χ1v) is 7.07. The highest BCUT2D eigenvalue weighted by atomic mass is 32.2. The van der Waals surface area contributed by atoms with Gasteiger partial charge < -0.3 is 11.1 Å². The minimum absolute atomic E-state index is 0.0202. The molecule has 0 aliphatic carbocycles. The molecule has 0 fully saturated rings. The van der Waals surface area contributed by atoms with Crippen LogP contribution >= 0.6 is 0 Å². The lowest BCUT2D eigenvalue weighted by Gasteiger charge is -2.06. The van der Waals surface area contributed by atoms with E-state index in [0.29, 0.717) is 25.8 Å². The van der Waals surface area contributed by atoms with Crippen LogP contribution in [0, 0.1) is 0 Å². The Bertz CT molecular complexity index is 286. The van der Waals surface area contributed by atoms with Crippen LogP contribution in [0.2, 0.25) is 0 Å². The molecule has 0 bridgehead atoms. The monoisotopic (exact) mass is 236 g/mol. The number of carbonyl (C=O) groups is 1. The Morgan fingerprint density at radius 3 is 2.53 bits per heavy atom. The molecule has 0 saturated carbocycles. The molecule has 0 radical (unpaired) electrons. The van der Waals surface area contributed by atoms with Gasteiger partial charge in [-0.25, -0.2) is 8.42 Å². The van der Waals surface area contributed by atoms with Crippen LogP contribution < -0.4 is 11.1 Å². The van der Waals surface area contributed by atoms with E-state index in [2.05, 4.69) is 5.32 Å². The lowest BCUT2D eigenvalue weighted by molar-refractivity contribution is -0.121. The van der Waals surface area contributed by atoms with Gasteiger partial charge in [0.15, 0.2) is 0 Å². The summed E-state index contributed by atoms with van der Waals surface area (Å²) in [6, 6.07) is 0.0202. The maximum Gasteiger partial charge on any atom is 0.220 e. The molecule has 3 N–H and O–H groups in total. The van der Waals surface area contributed by atoms with Crippen molar-refractivity contribution in [3.63, 3.8) is 0 Å². The Labute approximate surface area is 91.3 Å². The molecule has 6 heteroatoms. The minimum Gasteiger partial charge on any atom is -0.356 e. The molecule has 0 aromatic rings. The number of rotatable bonds is 7. The number of nitrogens with two attached hydrogens (primary N) is 1. The van der Waals surface area contributed by atoms with Gasteiger partial charge >= 0.3 is 0 Å². The van der Waals surface area contributed by atoms with E-state index >= 15 is 0 Å². The zero-order chi connectivity index (χ0) is 11.9. The quantitative estimate of drug-likeness (QED) is 0.592. The van der Waals surface area contributed by atoms with Crippen molar-refractivity contribution in [2.45, 2.75) is 32.2 Å². The summed E-state index contributed by atoms with van der Waals surface area (Å²) in [6.45, 7) is 2.25. The second-order valence-electron chi connectivity index (χ2n) is 3.85. The van der Waals surface area contributed by atoms with Crippen LogP contribution in [-0.2, 0) is 14.6 Å². The largest absolute Gasteiger partial charge is 0.356 e. The molecule has 1 atom stereocenters. The molecule has 1 amide bonds. The van der Waals surface area contributed by atoms with Crippen LogP contribution in [0.1, 0.15) is 26.2 Å². The second-order valence-corrected chi connectivity index (χ2v) is 6.11. The normalized spacial score (nSPS) is 13.5. The van der Waals surface area contributed by atoms with Crippen molar-refractivity contribution >= 4 is 15.7 Å². The Morgan fingerprint density at radius 2 is 2.07 bits per heavy atom. The Morgan fingerprint density at radius 1 is 1.47 bits per heavy atom. The number of sulfone groups is 1. The summed E-state index contributed by atoms with van der Waals surface area (Å²) in [7, 11) is -2.92. The van der Waals surface area contributed by atoms with Crippen LogP contribution in [-0.4, -0.2) is 38.9 Å². The van der Waals surface area contributed by atoms with Crippen molar-refractivity contribution in [3.8, 4) is 0 Å². The highest BCUT2D eigenvalue weighted by molar-refractivity contribution is 7.90. The first kappa shape index (κ1) is 14.4. The maximum absolute atomic E-state index is 11.2. The SMILES string of the molecule is CC(N)CCC(=O)NCCCS(C)(=O)=O. The van der Waals surface area contributed by atoms with Gasteiger partial charge in [-0.05, 0) is 19.8 Å². The Hall–Kier alpha value is -0.620. The van der Waals surface area contributed by atoms with Crippen LogP contribution in [0.15, 0.2) is 0 Å². The Balaban J connectivity index is 3.48. The van der Waals surface area contributed by atoms with Crippen molar-refractivity contribution in [2.75, 3.05) is 18.6 Å². The molecule has 0 spiro atoms. The third kappa shape index (κ3) is 11.3. The molecule has 5 nitrogen and oxygen atoms in total. The average Bonchev–Trinajstić information content (AvgIpc) is 2.07. The van der Waals surface area contributed by atoms with Gasteiger partial charge in [-0.2, -0.15) is 0 Å². The Kier molecular flexibility index (Phi) is 6.51. The molecule has 0 aliphatic rings. The van der Waals surface area contributed by atoms with Gasteiger partial charge in [-0.15, -0.1) is 0 Å². The first-order valence-electron chi connectivity index (χ1n) is 5.01. The first-order chi connectivity index (χ1) is 6.81. The zero-order valence-electron chi connectivity index (χ0n) is 9.32. The molecular weight excluding hydrogens is 216 g/mol. The lowest BCUT2D eigenvalue weighted by atomic mass is 10.2. The van der Waals surface area contributed by atoms with Gasteiger partial charge in [-0.3, -0.25) is 4.79 Å². The van der Waals surface area contributed by atoms with E-state index in [1.165, 1.54) is 6.26 Å². The molecule has 0 heterocycles. The van der Waals surface area contributed by atoms with E-state index in [0.717, 1.165) is 0 Å². The fourth-order valence-corrected chi connectivity index (χ4v) is 1.68. The standard InChI is InChI=1S/C9H20N2O3S/c1-8(10)4-5-9(12)11-6-3-7-15(2,13)14/h8H,3-7,10H2,1-2H3,(H,11,12). The van der Waals surface area contributed by atoms with E-state index in [1.54, 1.807) is 0 Å². The summed E-state index contributed by atoms with van der Waals surface area (Å²) in [4.78, 5) is 11.2. The van der Waals surface area contributed by atoms with Crippen molar-refractivity contribution in [1.29, 1.82) is 0 Å². The van der Waals surface area contributed by atoms with Crippen LogP contribution in [0.4, 0.5) is 0 Å². The molecule has 0 rings (SSSR count). The number of hydrogen-bond donors (Lipinski definition) is 2. The van der Waals surface area contributed by atoms with E-state index in [9.17, 15) is 13.2 Å². The maximum atomic E-state index is 11.2.